The Bertz CT molecular complexity index is 309. The maximum Gasteiger partial charge on any atom is 0.419 e. The highest BCUT2D eigenvalue weighted by Crippen LogP contribution is 2.29. The molecule has 80 valence electrons. The van der Waals surface area contributed by atoms with Gasteiger partial charge in [-0.05, 0) is 0 Å². The number of halogens is 6. The second-order valence-electron chi connectivity index (χ2n) is 2.54. The fourth-order valence-corrected chi connectivity index (χ4v) is 0.780. The fourth-order valence-electron chi connectivity index (χ4n) is 0.780. The summed E-state index contributed by atoms with van der Waals surface area (Å²) in [5, 5.41) is 2.94. The largest absolute Gasteiger partial charge is 0.419 e. The van der Waals surface area contributed by atoms with E-state index in [-0.39, 0.29) is 4.68 Å². The van der Waals surface area contributed by atoms with E-state index < -0.39 is 24.5 Å². The van der Waals surface area contributed by atoms with Crippen LogP contribution in [-0.2, 0) is 12.7 Å². The van der Waals surface area contributed by atoms with Crippen LogP contribution in [-0.4, -0.2) is 16.0 Å². The molecule has 0 aliphatic rings. The van der Waals surface area contributed by atoms with Crippen LogP contribution in [0.4, 0.5) is 26.3 Å². The van der Waals surface area contributed by atoms with Crippen molar-refractivity contribution in [1.29, 1.82) is 0 Å². The molecule has 1 aromatic rings. The van der Waals surface area contributed by atoms with Crippen molar-refractivity contribution >= 4 is 0 Å². The first kappa shape index (κ1) is 10.9. The van der Waals surface area contributed by atoms with Crippen molar-refractivity contribution < 1.29 is 26.3 Å². The van der Waals surface area contributed by atoms with E-state index in [1.807, 2.05) is 0 Å². The number of nitrogens with zero attached hydrogens (tertiary/aromatic N) is 2. The van der Waals surface area contributed by atoms with Crippen LogP contribution in [0.25, 0.3) is 0 Å². The molecular weight excluding hydrogens is 214 g/mol. The Balaban J connectivity index is 2.79. The van der Waals surface area contributed by atoms with Gasteiger partial charge in [-0.25, -0.2) is 0 Å². The standard InChI is InChI=1S/C6H4F6N2/c7-5(8,9)3-14-2-4(1-13-14)6(10,11)12/h1-2H,3H2. The molecular formula is C6H4F6N2. The zero-order chi connectivity index (χ0) is 11.0. The van der Waals surface area contributed by atoms with E-state index in [4.69, 9.17) is 0 Å². The van der Waals surface area contributed by atoms with Gasteiger partial charge in [0.05, 0.1) is 11.8 Å². The smallest absolute Gasteiger partial charge is 0.263 e. The van der Waals surface area contributed by atoms with Crippen LogP contribution >= 0.6 is 0 Å². The number of hydrogen-bond acceptors (Lipinski definition) is 1. The van der Waals surface area contributed by atoms with Gasteiger partial charge in [-0.2, -0.15) is 31.4 Å². The van der Waals surface area contributed by atoms with E-state index in [0.717, 1.165) is 0 Å². The average molecular weight is 218 g/mol. The Kier molecular flexibility index (Phi) is 2.47. The van der Waals surface area contributed by atoms with E-state index in [0.29, 0.717) is 12.4 Å². The van der Waals surface area contributed by atoms with E-state index in [1.54, 1.807) is 0 Å². The average Bonchev–Trinajstić information content (AvgIpc) is 2.29. The van der Waals surface area contributed by atoms with Crippen molar-refractivity contribution in [2.45, 2.75) is 18.9 Å². The minimum Gasteiger partial charge on any atom is -0.263 e. The Labute approximate surface area is 74.1 Å². The highest BCUT2D eigenvalue weighted by Gasteiger charge is 2.34. The third-order valence-electron chi connectivity index (χ3n) is 1.30. The fraction of sp³-hybridized carbons (Fsp3) is 0.500. The lowest BCUT2D eigenvalue weighted by molar-refractivity contribution is -0.144. The lowest BCUT2D eigenvalue weighted by atomic mass is 10.4. The van der Waals surface area contributed by atoms with Crippen LogP contribution < -0.4 is 0 Å². The van der Waals surface area contributed by atoms with Crippen LogP contribution in [0.1, 0.15) is 5.56 Å². The number of alkyl halides is 6. The van der Waals surface area contributed by atoms with E-state index in [2.05, 4.69) is 5.10 Å². The number of aromatic nitrogens is 2. The Morgan fingerprint density at radius 2 is 1.71 bits per heavy atom. The van der Waals surface area contributed by atoms with Gasteiger partial charge in [-0.3, -0.25) is 4.68 Å². The number of rotatable bonds is 1. The van der Waals surface area contributed by atoms with Crippen molar-refractivity contribution in [3.05, 3.63) is 18.0 Å². The molecule has 8 heteroatoms. The van der Waals surface area contributed by atoms with Crippen molar-refractivity contribution in [3.63, 3.8) is 0 Å². The molecule has 0 radical (unpaired) electrons. The van der Waals surface area contributed by atoms with Gasteiger partial charge in [0.2, 0.25) is 0 Å². The molecule has 1 rings (SSSR count). The van der Waals surface area contributed by atoms with Gasteiger partial charge in [0, 0.05) is 6.20 Å². The van der Waals surface area contributed by atoms with Crippen molar-refractivity contribution in [3.8, 4) is 0 Å². The Morgan fingerprint density at radius 3 is 2.07 bits per heavy atom. The molecule has 0 saturated carbocycles. The van der Waals surface area contributed by atoms with Crippen molar-refractivity contribution in [2.24, 2.45) is 0 Å². The summed E-state index contributed by atoms with van der Waals surface area (Å²) in [6.07, 6.45) is -8.57. The summed E-state index contributed by atoms with van der Waals surface area (Å²) in [5.74, 6) is 0. The maximum atomic E-state index is 11.9. The number of hydrogen-bond donors (Lipinski definition) is 0. The summed E-state index contributed by atoms with van der Waals surface area (Å²) in [6, 6.07) is 0. The third kappa shape index (κ3) is 2.93. The first-order valence-electron chi connectivity index (χ1n) is 3.35. The van der Waals surface area contributed by atoms with Gasteiger partial charge in [0.1, 0.15) is 6.54 Å². The van der Waals surface area contributed by atoms with Crippen molar-refractivity contribution in [2.75, 3.05) is 0 Å². The van der Waals surface area contributed by atoms with Crippen LogP contribution in [0.2, 0.25) is 0 Å². The second-order valence-corrected chi connectivity index (χ2v) is 2.54. The molecule has 0 amide bonds. The zero-order valence-corrected chi connectivity index (χ0v) is 6.52. The van der Waals surface area contributed by atoms with Gasteiger partial charge in [-0.1, -0.05) is 0 Å². The molecule has 14 heavy (non-hydrogen) atoms. The predicted octanol–water partition coefficient (Wildman–Crippen LogP) is 2.46. The van der Waals surface area contributed by atoms with E-state index in [1.165, 1.54) is 0 Å². The minimum atomic E-state index is -4.66. The van der Waals surface area contributed by atoms with E-state index in [9.17, 15) is 26.3 Å². The molecule has 0 atom stereocenters. The molecule has 0 aliphatic heterocycles. The monoisotopic (exact) mass is 218 g/mol. The van der Waals surface area contributed by atoms with Crippen LogP contribution in [0.3, 0.4) is 0 Å². The molecule has 0 fully saturated rings. The lowest BCUT2D eigenvalue weighted by Gasteiger charge is -2.05. The van der Waals surface area contributed by atoms with E-state index >= 15 is 0 Å². The van der Waals surface area contributed by atoms with Gasteiger partial charge < -0.3 is 0 Å². The quantitative estimate of drug-likeness (QED) is 0.662. The van der Waals surface area contributed by atoms with Gasteiger partial charge in [0.25, 0.3) is 0 Å². The normalized spacial score (nSPS) is 13.3. The first-order valence-corrected chi connectivity index (χ1v) is 3.35. The SMILES string of the molecule is FC(F)(F)Cn1cc(C(F)(F)F)cn1. The summed E-state index contributed by atoms with van der Waals surface area (Å²) in [7, 11) is 0. The summed E-state index contributed by atoms with van der Waals surface area (Å²) in [4.78, 5) is 0. The molecule has 0 aliphatic carbocycles. The summed E-state index contributed by atoms with van der Waals surface area (Å²) >= 11 is 0. The molecule has 2 nitrogen and oxygen atoms in total. The second kappa shape index (κ2) is 3.18. The maximum absolute atomic E-state index is 11.9. The summed E-state index contributed by atoms with van der Waals surface area (Å²) in [5.41, 5.74) is -1.19. The topological polar surface area (TPSA) is 17.8 Å². The van der Waals surface area contributed by atoms with Crippen LogP contribution in [0.5, 0.6) is 0 Å². The van der Waals surface area contributed by atoms with Gasteiger partial charge in [0.15, 0.2) is 0 Å². The molecule has 0 N–H and O–H groups in total. The third-order valence-corrected chi connectivity index (χ3v) is 1.30. The summed E-state index contributed by atoms with van der Waals surface area (Å²) < 4.78 is 71.0. The van der Waals surface area contributed by atoms with Gasteiger partial charge in [-0.15, -0.1) is 0 Å². The van der Waals surface area contributed by atoms with Crippen molar-refractivity contribution in [1.82, 2.24) is 9.78 Å². The molecule has 0 spiro atoms. The Hall–Kier alpha value is -1.21. The van der Waals surface area contributed by atoms with Gasteiger partial charge >= 0.3 is 12.4 Å². The minimum absolute atomic E-state index is 0.197. The van der Waals surface area contributed by atoms with Crippen LogP contribution in [0, 0.1) is 0 Å². The molecule has 0 aromatic carbocycles. The predicted molar refractivity (Wildman–Crippen MR) is 33.3 cm³/mol. The highest BCUT2D eigenvalue weighted by molar-refractivity contribution is 5.08. The van der Waals surface area contributed by atoms with Crippen LogP contribution in [0.15, 0.2) is 12.4 Å². The molecule has 0 saturated heterocycles. The molecule has 0 unspecified atom stereocenters. The molecule has 1 aromatic heterocycles. The molecule has 1 heterocycles. The zero-order valence-electron chi connectivity index (χ0n) is 6.52. The molecule has 0 bridgehead atoms. The highest BCUT2D eigenvalue weighted by atomic mass is 19.4. The Morgan fingerprint density at radius 1 is 1.14 bits per heavy atom. The lowest BCUT2D eigenvalue weighted by Crippen LogP contribution is -2.18. The summed E-state index contributed by atoms with van der Waals surface area (Å²) in [6.45, 7) is -1.52. The first-order chi connectivity index (χ1) is 6.18.